The van der Waals surface area contributed by atoms with E-state index in [9.17, 15) is 0 Å². The van der Waals surface area contributed by atoms with Crippen LogP contribution in [-0.2, 0) is 31.3 Å². The smallest absolute Gasteiger partial charge is 0.192 e. The molecule has 0 aliphatic carbocycles. The van der Waals surface area contributed by atoms with Crippen LogP contribution in [0.5, 0.6) is 0 Å². The molecule has 49 heavy (non-hydrogen) atoms. The summed E-state index contributed by atoms with van der Waals surface area (Å²) in [7, 11) is 4.41. The number of furan rings is 1. The zero-order valence-corrected chi connectivity index (χ0v) is 29.6. The van der Waals surface area contributed by atoms with Gasteiger partial charge in [-0.3, -0.25) is 0 Å². The molecule has 0 saturated heterocycles. The van der Waals surface area contributed by atoms with E-state index in [1.165, 1.54) is 60.9 Å². The van der Waals surface area contributed by atoms with Gasteiger partial charge in [-0.25, -0.2) is 9.13 Å². The summed E-state index contributed by atoms with van der Waals surface area (Å²) in [5.74, 6) is 0. The van der Waals surface area contributed by atoms with Gasteiger partial charge in [0.25, 0.3) is 0 Å². The van der Waals surface area contributed by atoms with Crippen LogP contribution >= 0.6 is 0 Å². The predicted molar refractivity (Wildman–Crippen MR) is 202 cm³/mol. The molecule has 3 heteroatoms. The Morgan fingerprint density at radius 3 is 2.06 bits per heavy atom. The van der Waals surface area contributed by atoms with Crippen LogP contribution < -0.4 is 9.13 Å². The van der Waals surface area contributed by atoms with Crippen LogP contribution in [0.25, 0.3) is 43.5 Å². The van der Waals surface area contributed by atoms with Gasteiger partial charge in [-0.1, -0.05) is 66.7 Å². The van der Waals surface area contributed by atoms with Crippen LogP contribution in [0.2, 0.25) is 0 Å². The lowest BCUT2D eigenvalue weighted by atomic mass is 9.72. The van der Waals surface area contributed by atoms with Crippen molar-refractivity contribution in [1.82, 2.24) is 0 Å². The molecule has 0 radical (unpaired) electrons. The molecule has 0 aliphatic heterocycles. The molecule has 0 aliphatic rings. The van der Waals surface area contributed by atoms with Crippen molar-refractivity contribution in [2.24, 2.45) is 14.1 Å². The van der Waals surface area contributed by atoms with E-state index in [-0.39, 0.29) is 10.8 Å². The molecule has 8 rings (SSSR count). The van der Waals surface area contributed by atoms with Crippen LogP contribution in [0, 0.1) is 13.8 Å². The highest BCUT2D eigenvalue weighted by Crippen LogP contribution is 2.41. The average molecular weight is 641 g/mol. The summed E-state index contributed by atoms with van der Waals surface area (Å²) in [6, 6.07) is 44.5. The molecule has 1 unspecified atom stereocenters. The second kappa shape index (κ2) is 11.4. The van der Waals surface area contributed by atoms with Gasteiger partial charge < -0.3 is 4.42 Å². The molecular weight excluding hydrogens is 597 g/mol. The van der Waals surface area contributed by atoms with Gasteiger partial charge in [-0.05, 0) is 109 Å². The lowest BCUT2D eigenvalue weighted by Crippen LogP contribution is -2.49. The number of aryl methyl sites for hydroxylation is 3. The molecule has 0 N–H and O–H groups in total. The zero-order chi connectivity index (χ0) is 34.1. The van der Waals surface area contributed by atoms with Crippen LogP contribution in [-0.4, -0.2) is 0 Å². The molecule has 0 saturated carbocycles. The third-order valence-electron chi connectivity index (χ3n) is 11.2. The number of hydrogen-bond acceptors (Lipinski definition) is 1. The SMILES string of the molecule is Cc1ccccc1C(C)(C)c1cccc(CC(C)(c2cc3c(cc2C)oc2cc4c(ccc5ccccc54)cc23)c2cccc[n+]2C)[n+]1C. The number of hydrogen-bond donors (Lipinski definition) is 0. The Hall–Kier alpha value is -5.28. The Labute approximate surface area is 289 Å². The zero-order valence-electron chi connectivity index (χ0n) is 29.6. The van der Waals surface area contributed by atoms with E-state index >= 15 is 0 Å². The number of rotatable bonds is 6. The first-order valence-corrected chi connectivity index (χ1v) is 17.3. The molecule has 0 bridgehead atoms. The minimum absolute atomic E-state index is 0.164. The highest BCUT2D eigenvalue weighted by atomic mass is 16.3. The number of benzene rings is 5. The summed E-state index contributed by atoms with van der Waals surface area (Å²) in [5, 5.41) is 7.27. The Morgan fingerprint density at radius 1 is 0.551 bits per heavy atom. The highest BCUT2D eigenvalue weighted by Gasteiger charge is 2.41. The summed E-state index contributed by atoms with van der Waals surface area (Å²) >= 11 is 0. The van der Waals surface area contributed by atoms with Crippen molar-refractivity contribution >= 4 is 43.5 Å². The van der Waals surface area contributed by atoms with Gasteiger partial charge in [0.15, 0.2) is 23.3 Å². The van der Waals surface area contributed by atoms with Crippen molar-refractivity contribution in [3.8, 4) is 0 Å². The maximum Gasteiger partial charge on any atom is 0.192 e. The molecular formula is C46H44N2O+2. The van der Waals surface area contributed by atoms with Crippen LogP contribution in [0.4, 0.5) is 0 Å². The van der Waals surface area contributed by atoms with Gasteiger partial charge in [0.05, 0.1) is 17.3 Å². The fourth-order valence-electron chi connectivity index (χ4n) is 8.65. The van der Waals surface area contributed by atoms with Crippen molar-refractivity contribution in [3.05, 3.63) is 167 Å². The van der Waals surface area contributed by atoms with Gasteiger partial charge in [0.1, 0.15) is 25.3 Å². The monoisotopic (exact) mass is 640 g/mol. The second-order valence-electron chi connectivity index (χ2n) is 14.7. The van der Waals surface area contributed by atoms with Crippen molar-refractivity contribution in [1.29, 1.82) is 0 Å². The predicted octanol–water partition coefficient (Wildman–Crippen LogP) is 10.0. The summed E-state index contributed by atoms with van der Waals surface area (Å²) in [6.45, 7) is 11.6. The van der Waals surface area contributed by atoms with E-state index in [1.54, 1.807) is 0 Å². The molecule has 3 heterocycles. The van der Waals surface area contributed by atoms with Crippen molar-refractivity contribution in [2.45, 2.75) is 51.9 Å². The maximum atomic E-state index is 6.62. The van der Waals surface area contributed by atoms with E-state index in [1.807, 2.05) is 0 Å². The molecule has 242 valence electrons. The first kappa shape index (κ1) is 31.0. The molecule has 5 aromatic carbocycles. The van der Waals surface area contributed by atoms with E-state index in [0.717, 1.165) is 28.4 Å². The van der Waals surface area contributed by atoms with Crippen molar-refractivity contribution in [2.75, 3.05) is 0 Å². The van der Waals surface area contributed by atoms with Gasteiger partial charge >= 0.3 is 0 Å². The largest absolute Gasteiger partial charge is 0.456 e. The number of nitrogens with zero attached hydrogens (tertiary/aromatic N) is 2. The first-order chi connectivity index (χ1) is 23.6. The topological polar surface area (TPSA) is 20.9 Å². The summed E-state index contributed by atoms with van der Waals surface area (Å²) in [4.78, 5) is 0. The first-order valence-electron chi connectivity index (χ1n) is 17.3. The molecule has 3 aromatic heterocycles. The van der Waals surface area contributed by atoms with Gasteiger partial charge in [0, 0.05) is 35.0 Å². The van der Waals surface area contributed by atoms with E-state index in [4.69, 9.17) is 4.42 Å². The molecule has 0 fully saturated rings. The fraction of sp³-hybridized carbons (Fsp3) is 0.217. The Kier molecular flexibility index (Phi) is 7.22. The number of fused-ring (bicyclic) bond motifs is 6. The average Bonchev–Trinajstić information content (AvgIpc) is 3.43. The second-order valence-corrected chi connectivity index (χ2v) is 14.7. The van der Waals surface area contributed by atoms with Crippen LogP contribution in [0.15, 0.2) is 132 Å². The van der Waals surface area contributed by atoms with Gasteiger partial charge in [-0.2, -0.15) is 0 Å². The summed E-state index contributed by atoms with van der Waals surface area (Å²) in [5.41, 5.74) is 10.4. The van der Waals surface area contributed by atoms with Crippen molar-refractivity contribution in [3.63, 3.8) is 0 Å². The van der Waals surface area contributed by atoms with Crippen LogP contribution in [0.3, 0.4) is 0 Å². The molecule has 1 atom stereocenters. The standard InChI is InChI=1S/C46H44N2O/c1-30-15-8-11-19-39(30)45(3,4)43-21-14-17-34(48(43)7)29-46(5,44-20-12-13-24-47(44)6)40-27-38-37-26-33-23-22-32-16-9-10-18-35(32)36(33)28-42(37)49-41(38)25-31(40)2/h8-28H,29H2,1-7H3/q+2. The highest BCUT2D eigenvalue weighted by molar-refractivity contribution is 6.16. The Balaban J connectivity index is 1.32. The van der Waals surface area contributed by atoms with Gasteiger partial charge in [0.2, 0.25) is 0 Å². The molecule has 0 spiro atoms. The molecule has 8 aromatic rings. The van der Waals surface area contributed by atoms with E-state index in [2.05, 4.69) is 185 Å². The molecule has 0 amide bonds. The Morgan fingerprint density at radius 2 is 1.24 bits per heavy atom. The van der Waals surface area contributed by atoms with E-state index < -0.39 is 0 Å². The van der Waals surface area contributed by atoms with Gasteiger partial charge in [-0.15, -0.1) is 0 Å². The quantitative estimate of drug-likeness (QED) is 0.131. The maximum absolute atomic E-state index is 6.62. The summed E-state index contributed by atoms with van der Waals surface area (Å²) < 4.78 is 11.3. The van der Waals surface area contributed by atoms with E-state index in [0.29, 0.717) is 0 Å². The third kappa shape index (κ3) is 4.94. The van der Waals surface area contributed by atoms with Crippen molar-refractivity contribution < 1.29 is 13.6 Å². The third-order valence-corrected chi connectivity index (χ3v) is 11.2. The Bertz CT molecular complexity index is 2570. The number of aromatic nitrogens is 2. The summed E-state index contributed by atoms with van der Waals surface area (Å²) in [6.07, 6.45) is 3.00. The van der Waals surface area contributed by atoms with Crippen LogP contribution in [0.1, 0.15) is 60.1 Å². The fourth-order valence-corrected chi connectivity index (χ4v) is 8.65. The lowest BCUT2D eigenvalue weighted by molar-refractivity contribution is -0.692. The normalized spacial score (nSPS) is 13.4. The minimum atomic E-state index is -0.339. The minimum Gasteiger partial charge on any atom is -0.456 e. The molecule has 3 nitrogen and oxygen atoms in total. The number of pyridine rings is 2. The lowest BCUT2D eigenvalue weighted by Gasteiger charge is -2.30.